The van der Waals surface area contributed by atoms with Crippen molar-refractivity contribution in [3.05, 3.63) is 57.9 Å². The second-order valence-electron chi connectivity index (χ2n) is 6.54. The molecule has 0 radical (unpaired) electrons. The zero-order valence-corrected chi connectivity index (χ0v) is 15.6. The van der Waals surface area contributed by atoms with E-state index in [9.17, 15) is 9.59 Å². The maximum atomic E-state index is 12.6. The fourth-order valence-electron chi connectivity index (χ4n) is 3.05. The molecule has 0 aliphatic heterocycles. The van der Waals surface area contributed by atoms with Crippen LogP contribution in [0.4, 0.5) is 0 Å². The topological polar surface area (TPSA) is 74.1 Å². The highest BCUT2D eigenvalue weighted by Crippen LogP contribution is 2.22. The van der Waals surface area contributed by atoms with Gasteiger partial charge in [-0.25, -0.2) is 9.78 Å². The first-order chi connectivity index (χ1) is 12.3. The van der Waals surface area contributed by atoms with Gasteiger partial charge >= 0.3 is 5.97 Å². The van der Waals surface area contributed by atoms with Crippen LogP contribution < -0.4 is 0 Å². The molecular weight excluding hydrogens is 330 g/mol. The average molecular weight is 351 g/mol. The number of hydrogen-bond donors (Lipinski definition) is 0. The smallest absolute Gasteiger partial charge is 0.339 e. The highest BCUT2D eigenvalue weighted by molar-refractivity contribution is 6.05. The molecule has 0 spiro atoms. The van der Waals surface area contributed by atoms with E-state index in [0.717, 1.165) is 11.1 Å². The van der Waals surface area contributed by atoms with Gasteiger partial charge in [0.2, 0.25) is 5.78 Å². The number of ether oxygens (including phenoxy) is 1. The zero-order valence-electron chi connectivity index (χ0n) is 15.6. The Hall–Kier alpha value is -3.02. The minimum Gasteiger partial charge on any atom is -0.454 e. The summed E-state index contributed by atoms with van der Waals surface area (Å²) in [6.45, 7) is 7.11. The van der Waals surface area contributed by atoms with Gasteiger partial charge in [0.15, 0.2) is 12.3 Å². The van der Waals surface area contributed by atoms with Gasteiger partial charge in [0.05, 0.1) is 16.6 Å². The lowest BCUT2D eigenvalue weighted by atomic mass is 10.0. The molecule has 1 aromatic carbocycles. The lowest BCUT2D eigenvalue weighted by Crippen LogP contribution is -2.16. The Morgan fingerprint density at radius 2 is 1.81 bits per heavy atom. The van der Waals surface area contributed by atoms with E-state index in [2.05, 4.69) is 10.1 Å². The summed E-state index contributed by atoms with van der Waals surface area (Å²) in [7, 11) is 1.78. The van der Waals surface area contributed by atoms with Crippen molar-refractivity contribution in [3.8, 4) is 0 Å². The highest BCUT2D eigenvalue weighted by atomic mass is 16.5. The summed E-state index contributed by atoms with van der Waals surface area (Å²) >= 11 is 0. The molecule has 0 N–H and O–H groups in total. The third kappa shape index (κ3) is 3.22. The van der Waals surface area contributed by atoms with Crippen LogP contribution in [0.25, 0.3) is 11.0 Å². The van der Waals surface area contributed by atoms with E-state index in [-0.39, 0.29) is 12.4 Å². The number of ketones is 1. The Balaban J connectivity index is 1.86. The Labute approximate surface area is 151 Å². The Kier molecular flexibility index (Phi) is 4.59. The molecule has 134 valence electrons. The van der Waals surface area contributed by atoms with Crippen molar-refractivity contribution in [2.75, 3.05) is 6.61 Å². The summed E-state index contributed by atoms with van der Waals surface area (Å²) < 4.78 is 6.95. The fraction of sp³-hybridized carbons (Fsp3) is 0.300. The number of carbonyl (C=O) groups excluding carboxylic acids is 2. The molecule has 2 heterocycles. The van der Waals surface area contributed by atoms with E-state index >= 15 is 0 Å². The molecule has 0 aliphatic carbocycles. The second-order valence-corrected chi connectivity index (χ2v) is 6.54. The van der Waals surface area contributed by atoms with Crippen LogP contribution in [-0.2, 0) is 11.8 Å². The van der Waals surface area contributed by atoms with Crippen LogP contribution in [-0.4, -0.2) is 33.1 Å². The minimum atomic E-state index is -0.546. The van der Waals surface area contributed by atoms with Crippen LogP contribution >= 0.6 is 0 Å². The van der Waals surface area contributed by atoms with Crippen molar-refractivity contribution in [2.45, 2.75) is 27.7 Å². The van der Waals surface area contributed by atoms with Gasteiger partial charge in [0.25, 0.3) is 0 Å². The number of nitrogens with zero attached hydrogens (tertiary/aromatic N) is 3. The number of rotatable bonds is 4. The van der Waals surface area contributed by atoms with Gasteiger partial charge in [-0.2, -0.15) is 5.10 Å². The predicted molar refractivity (Wildman–Crippen MR) is 98.5 cm³/mol. The molecule has 3 rings (SSSR count). The SMILES string of the molecule is Cc1ccc(C)c(C(=O)COC(=O)c2cc(C)nc3c2c(C)nn3C)c1. The molecule has 0 saturated carbocycles. The van der Waals surface area contributed by atoms with Crippen LogP contribution in [0.5, 0.6) is 0 Å². The van der Waals surface area contributed by atoms with Crippen molar-refractivity contribution in [3.63, 3.8) is 0 Å². The average Bonchev–Trinajstić information content (AvgIpc) is 2.87. The highest BCUT2D eigenvalue weighted by Gasteiger charge is 2.20. The minimum absolute atomic E-state index is 0.218. The Morgan fingerprint density at radius 3 is 2.54 bits per heavy atom. The summed E-state index contributed by atoms with van der Waals surface area (Å²) in [5, 5.41) is 4.97. The third-order valence-electron chi connectivity index (χ3n) is 4.34. The lowest BCUT2D eigenvalue weighted by Gasteiger charge is -2.09. The zero-order chi connectivity index (χ0) is 19.0. The summed E-state index contributed by atoms with van der Waals surface area (Å²) in [6, 6.07) is 7.31. The number of aromatic nitrogens is 3. The lowest BCUT2D eigenvalue weighted by molar-refractivity contribution is 0.0476. The number of aryl methyl sites for hydroxylation is 5. The molecule has 0 unspecified atom stereocenters. The Bertz CT molecular complexity index is 1030. The van der Waals surface area contributed by atoms with Crippen molar-refractivity contribution in [2.24, 2.45) is 7.05 Å². The van der Waals surface area contributed by atoms with Gasteiger partial charge in [-0.1, -0.05) is 17.7 Å². The van der Waals surface area contributed by atoms with E-state index in [1.807, 2.05) is 39.0 Å². The summed E-state index contributed by atoms with van der Waals surface area (Å²) in [5.74, 6) is -0.764. The predicted octanol–water partition coefficient (Wildman–Crippen LogP) is 3.24. The number of Topliss-reactive ketones (excluding diaryl/α,β-unsaturated/α-hetero) is 1. The maximum Gasteiger partial charge on any atom is 0.339 e. The van der Waals surface area contributed by atoms with Gasteiger partial charge < -0.3 is 4.74 Å². The van der Waals surface area contributed by atoms with Gasteiger partial charge in [-0.3, -0.25) is 9.48 Å². The van der Waals surface area contributed by atoms with Crippen molar-refractivity contribution in [1.82, 2.24) is 14.8 Å². The first-order valence-corrected chi connectivity index (χ1v) is 8.36. The number of fused-ring (bicyclic) bond motifs is 1. The van der Waals surface area contributed by atoms with Crippen LogP contribution in [0.1, 0.15) is 43.2 Å². The fourth-order valence-corrected chi connectivity index (χ4v) is 3.05. The van der Waals surface area contributed by atoms with Gasteiger partial charge in [0, 0.05) is 18.3 Å². The first kappa shape index (κ1) is 17.8. The largest absolute Gasteiger partial charge is 0.454 e. The molecule has 0 amide bonds. The molecular formula is C20H21N3O3. The molecule has 3 aromatic rings. The van der Waals surface area contributed by atoms with Crippen molar-refractivity contribution in [1.29, 1.82) is 0 Å². The standard InChI is InChI=1S/C20H21N3O3/c1-11-6-7-12(2)15(8-11)17(24)10-26-20(25)16-9-13(3)21-19-18(16)14(4)22-23(19)5/h6-9H,10H2,1-5H3. The number of hydrogen-bond acceptors (Lipinski definition) is 5. The quantitative estimate of drug-likeness (QED) is 0.533. The van der Waals surface area contributed by atoms with Crippen molar-refractivity contribution < 1.29 is 14.3 Å². The van der Waals surface area contributed by atoms with E-state index in [4.69, 9.17) is 4.74 Å². The molecule has 26 heavy (non-hydrogen) atoms. The van der Waals surface area contributed by atoms with E-state index in [1.54, 1.807) is 24.7 Å². The van der Waals surface area contributed by atoms with Crippen LogP contribution in [0.3, 0.4) is 0 Å². The van der Waals surface area contributed by atoms with Crippen molar-refractivity contribution >= 4 is 22.8 Å². The molecule has 0 aliphatic rings. The number of benzene rings is 1. The van der Waals surface area contributed by atoms with Gasteiger partial charge in [-0.15, -0.1) is 0 Å². The van der Waals surface area contributed by atoms with E-state index < -0.39 is 5.97 Å². The normalized spacial score (nSPS) is 11.0. The third-order valence-corrected chi connectivity index (χ3v) is 4.34. The first-order valence-electron chi connectivity index (χ1n) is 8.36. The monoisotopic (exact) mass is 351 g/mol. The molecule has 6 heteroatoms. The van der Waals surface area contributed by atoms with E-state index in [1.165, 1.54) is 0 Å². The molecule has 0 bridgehead atoms. The molecule has 2 aromatic heterocycles. The van der Waals surface area contributed by atoms with Crippen LogP contribution in [0.15, 0.2) is 24.3 Å². The van der Waals surface area contributed by atoms with Crippen LogP contribution in [0, 0.1) is 27.7 Å². The van der Waals surface area contributed by atoms with E-state index in [0.29, 0.717) is 33.5 Å². The summed E-state index contributed by atoms with van der Waals surface area (Å²) in [6.07, 6.45) is 0. The summed E-state index contributed by atoms with van der Waals surface area (Å²) in [5.41, 5.74) is 4.81. The Morgan fingerprint density at radius 1 is 1.08 bits per heavy atom. The maximum absolute atomic E-state index is 12.6. The molecule has 0 atom stereocenters. The molecule has 0 saturated heterocycles. The second kappa shape index (κ2) is 6.71. The number of pyridine rings is 1. The van der Waals surface area contributed by atoms with Crippen LogP contribution in [0.2, 0.25) is 0 Å². The molecule has 0 fully saturated rings. The number of esters is 1. The summed E-state index contributed by atoms with van der Waals surface area (Å²) in [4.78, 5) is 29.5. The van der Waals surface area contributed by atoms with Gasteiger partial charge in [0.1, 0.15) is 0 Å². The van der Waals surface area contributed by atoms with Gasteiger partial charge in [-0.05, 0) is 45.4 Å². The number of carbonyl (C=O) groups is 2. The molecule has 6 nitrogen and oxygen atoms in total.